The van der Waals surface area contributed by atoms with E-state index in [4.69, 9.17) is 22.1 Å². The Morgan fingerprint density at radius 3 is 2.42 bits per heavy atom. The minimum absolute atomic E-state index is 0. The fourth-order valence-electron chi connectivity index (χ4n) is 3.71. The lowest BCUT2D eigenvalue weighted by Crippen LogP contribution is -2.43. The van der Waals surface area contributed by atoms with Crippen LogP contribution in [0, 0.1) is 0 Å². The Morgan fingerprint density at radius 1 is 0.970 bits per heavy atom. The summed E-state index contributed by atoms with van der Waals surface area (Å²) in [4.78, 5) is 2.20. The molecule has 0 aliphatic rings. The summed E-state index contributed by atoms with van der Waals surface area (Å²) in [6.07, 6.45) is 4.36. The van der Waals surface area contributed by atoms with Crippen molar-refractivity contribution in [2.45, 2.75) is 61.0 Å². The Bertz CT molecular complexity index is 987. The fourth-order valence-corrected chi connectivity index (χ4v) is 4.96. The number of aliphatic hydroxyl groups excluding tert-OH is 1. The quantitative estimate of drug-likeness (QED) is 0.271. The van der Waals surface area contributed by atoms with Gasteiger partial charge in [0, 0.05) is 20.4 Å². The third kappa shape index (κ3) is 8.88. The first-order chi connectivity index (χ1) is 15.5. The number of aryl methyl sites for hydroxylation is 1. The molecule has 0 saturated carbocycles. The van der Waals surface area contributed by atoms with Crippen LogP contribution in [0.3, 0.4) is 0 Å². The molecule has 1 atom stereocenters. The summed E-state index contributed by atoms with van der Waals surface area (Å²) in [6, 6.07) is 24.5. The van der Waals surface area contributed by atoms with Gasteiger partial charge in [0.25, 0.3) is 0 Å². The molecule has 0 spiro atoms. The smallest absolute Gasteiger partial charge is 0.120 e. The molecule has 0 aliphatic heterocycles. The maximum absolute atomic E-state index is 9.59. The molecular formula is C27H33Cl2NO2S. The van der Waals surface area contributed by atoms with Crippen LogP contribution in [0.4, 0.5) is 0 Å². The highest BCUT2D eigenvalue weighted by atomic mass is 35.5. The van der Waals surface area contributed by atoms with Crippen molar-refractivity contribution in [3.05, 3.63) is 88.9 Å². The van der Waals surface area contributed by atoms with Crippen molar-refractivity contribution in [1.82, 2.24) is 0 Å². The molecule has 0 aliphatic carbocycles. The largest absolute Gasteiger partial charge is 0.489 e. The first-order valence-electron chi connectivity index (χ1n) is 11.1. The number of benzene rings is 3. The van der Waals surface area contributed by atoms with Crippen LogP contribution in [-0.2, 0) is 13.0 Å². The first kappa shape index (κ1) is 27.6. The molecule has 0 saturated heterocycles. The SMILES string of the molecule is CCCC(N)(CO)CCCc1ccc(Sc2cccc(OCc3ccccc3)c2)cc1Cl.Cl. The molecule has 0 aromatic heterocycles. The van der Waals surface area contributed by atoms with E-state index in [1.54, 1.807) is 11.8 Å². The zero-order valence-electron chi connectivity index (χ0n) is 19.0. The maximum Gasteiger partial charge on any atom is 0.120 e. The van der Waals surface area contributed by atoms with Crippen molar-refractivity contribution in [3.63, 3.8) is 0 Å². The topological polar surface area (TPSA) is 55.5 Å². The van der Waals surface area contributed by atoms with Crippen molar-refractivity contribution < 1.29 is 9.84 Å². The van der Waals surface area contributed by atoms with Crippen LogP contribution in [0.5, 0.6) is 5.75 Å². The van der Waals surface area contributed by atoms with Crippen LogP contribution in [-0.4, -0.2) is 17.3 Å². The van der Waals surface area contributed by atoms with Gasteiger partial charge in [0.15, 0.2) is 0 Å². The van der Waals surface area contributed by atoms with E-state index in [2.05, 4.69) is 43.3 Å². The minimum Gasteiger partial charge on any atom is -0.489 e. The molecule has 6 heteroatoms. The van der Waals surface area contributed by atoms with Gasteiger partial charge in [0.1, 0.15) is 12.4 Å². The molecule has 0 radical (unpaired) electrons. The van der Waals surface area contributed by atoms with Crippen molar-refractivity contribution in [3.8, 4) is 5.75 Å². The Kier molecular flexibility index (Phi) is 11.6. The van der Waals surface area contributed by atoms with E-state index >= 15 is 0 Å². The van der Waals surface area contributed by atoms with Gasteiger partial charge in [0.05, 0.1) is 6.61 Å². The lowest BCUT2D eigenvalue weighted by Gasteiger charge is -2.26. The Morgan fingerprint density at radius 2 is 1.73 bits per heavy atom. The zero-order valence-corrected chi connectivity index (χ0v) is 21.4. The molecule has 0 fully saturated rings. The molecule has 0 heterocycles. The fraction of sp³-hybridized carbons (Fsp3) is 0.333. The van der Waals surface area contributed by atoms with Gasteiger partial charge in [-0.2, -0.15) is 0 Å². The summed E-state index contributed by atoms with van der Waals surface area (Å²) in [5, 5.41) is 10.4. The molecule has 3 aromatic rings. The van der Waals surface area contributed by atoms with Gasteiger partial charge in [0.2, 0.25) is 0 Å². The van der Waals surface area contributed by atoms with Crippen LogP contribution in [0.2, 0.25) is 5.02 Å². The van der Waals surface area contributed by atoms with Crippen LogP contribution >= 0.6 is 35.8 Å². The first-order valence-corrected chi connectivity index (χ1v) is 12.3. The maximum atomic E-state index is 9.59. The van der Waals surface area contributed by atoms with Gasteiger partial charge in [-0.1, -0.05) is 79.2 Å². The van der Waals surface area contributed by atoms with E-state index in [0.29, 0.717) is 6.61 Å². The third-order valence-corrected chi connectivity index (χ3v) is 6.83. The van der Waals surface area contributed by atoms with Gasteiger partial charge in [-0.25, -0.2) is 0 Å². The number of hydrogen-bond acceptors (Lipinski definition) is 4. The van der Waals surface area contributed by atoms with Crippen molar-refractivity contribution in [2.75, 3.05) is 6.61 Å². The average molecular weight is 507 g/mol. The van der Waals surface area contributed by atoms with Crippen molar-refractivity contribution in [1.29, 1.82) is 0 Å². The molecule has 0 amide bonds. The summed E-state index contributed by atoms with van der Waals surface area (Å²) >= 11 is 8.24. The number of nitrogens with two attached hydrogens (primary N) is 1. The number of rotatable bonds is 12. The molecule has 3 nitrogen and oxygen atoms in total. The predicted octanol–water partition coefficient (Wildman–Crippen LogP) is 7.30. The second-order valence-corrected chi connectivity index (χ2v) is 9.78. The predicted molar refractivity (Wildman–Crippen MR) is 142 cm³/mol. The molecule has 3 N–H and O–H groups in total. The van der Waals surface area contributed by atoms with Gasteiger partial charge in [-0.3, -0.25) is 0 Å². The van der Waals surface area contributed by atoms with Crippen LogP contribution in [0.1, 0.15) is 43.7 Å². The van der Waals surface area contributed by atoms with E-state index < -0.39 is 5.54 Å². The van der Waals surface area contributed by atoms with E-state index in [1.807, 2.05) is 36.4 Å². The summed E-state index contributed by atoms with van der Waals surface area (Å²) in [5.41, 5.74) is 8.07. The van der Waals surface area contributed by atoms with Crippen molar-refractivity contribution >= 4 is 35.8 Å². The molecule has 0 bridgehead atoms. The second kappa shape index (κ2) is 13.9. The summed E-state index contributed by atoms with van der Waals surface area (Å²) < 4.78 is 5.94. The molecular weight excluding hydrogens is 473 g/mol. The van der Waals surface area contributed by atoms with Crippen molar-refractivity contribution in [2.24, 2.45) is 5.73 Å². The Labute approximate surface area is 213 Å². The molecule has 3 rings (SSSR count). The number of hydrogen-bond donors (Lipinski definition) is 2. The molecule has 33 heavy (non-hydrogen) atoms. The second-order valence-electron chi connectivity index (χ2n) is 8.23. The van der Waals surface area contributed by atoms with Gasteiger partial charge in [-0.15, -0.1) is 12.4 Å². The highest BCUT2D eigenvalue weighted by Gasteiger charge is 2.22. The number of ether oxygens (including phenoxy) is 1. The van der Waals surface area contributed by atoms with Crippen LogP contribution < -0.4 is 10.5 Å². The summed E-state index contributed by atoms with van der Waals surface area (Å²) in [7, 11) is 0. The minimum atomic E-state index is -0.482. The van der Waals surface area contributed by atoms with Gasteiger partial charge < -0.3 is 15.6 Å². The Hall–Kier alpha value is -1.69. The van der Waals surface area contributed by atoms with Gasteiger partial charge in [-0.05, 0) is 67.1 Å². The van der Waals surface area contributed by atoms with E-state index in [9.17, 15) is 5.11 Å². The summed E-state index contributed by atoms with van der Waals surface area (Å²) in [5.74, 6) is 0.850. The lowest BCUT2D eigenvalue weighted by atomic mass is 9.89. The average Bonchev–Trinajstić information content (AvgIpc) is 2.80. The van der Waals surface area contributed by atoms with Crippen LogP contribution in [0.25, 0.3) is 0 Å². The normalized spacial score (nSPS) is 12.6. The highest BCUT2D eigenvalue weighted by molar-refractivity contribution is 7.99. The van der Waals surface area contributed by atoms with Crippen LogP contribution in [0.15, 0.2) is 82.6 Å². The molecule has 178 valence electrons. The summed E-state index contributed by atoms with van der Waals surface area (Å²) in [6.45, 7) is 2.67. The monoisotopic (exact) mass is 505 g/mol. The molecule has 1 unspecified atom stereocenters. The zero-order chi connectivity index (χ0) is 22.8. The van der Waals surface area contributed by atoms with E-state index in [1.165, 1.54) is 0 Å². The highest BCUT2D eigenvalue weighted by Crippen LogP contribution is 2.33. The van der Waals surface area contributed by atoms with E-state index in [-0.39, 0.29) is 19.0 Å². The molecule has 3 aromatic carbocycles. The third-order valence-electron chi connectivity index (χ3n) is 5.50. The number of halogens is 2. The van der Waals surface area contributed by atoms with E-state index in [0.717, 1.165) is 63.8 Å². The number of aliphatic hydroxyl groups is 1. The lowest BCUT2D eigenvalue weighted by molar-refractivity contribution is 0.175. The standard InChI is InChI=1S/C27H32ClNO2S.ClH/c1-2-15-27(29,20-30)16-7-10-22-13-14-25(18-26(22)28)32-24-12-6-11-23(17-24)31-19-21-8-4-3-5-9-21;/h3-6,8-9,11-14,17-18,30H,2,7,10,15-16,19-20,29H2,1H3;1H. The van der Waals surface area contributed by atoms with Gasteiger partial charge >= 0.3 is 0 Å². The Balaban J connectivity index is 0.00000385.